The van der Waals surface area contributed by atoms with Crippen LogP contribution < -0.4 is 10.5 Å². The highest BCUT2D eigenvalue weighted by molar-refractivity contribution is 7.89. The van der Waals surface area contributed by atoms with Crippen LogP contribution in [0.25, 0.3) is 0 Å². The summed E-state index contributed by atoms with van der Waals surface area (Å²) in [5.41, 5.74) is 2.02. The Kier molecular flexibility index (Phi) is 4.31. The zero-order valence-corrected chi connectivity index (χ0v) is 12.1. The molecule has 0 fully saturated rings. The second-order valence-electron chi connectivity index (χ2n) is 4.15. The average molecular weight is 297 g/mol. The van der Waals surface area contributed by atoms with Gasteiger partial charge in [-0.25, -0.2) is 18.5 Å². The van der Waals surface area contributed by atoms with E-state index in [4.69, 9.17) is 5.14 Å². The summed E-state index contributed by atoms with van der Waals surface area (Å²) in [6, 6.07) is 6.52. The third kappa shape index (κ3) is 4.10. The largest absolute Gasteiger partial charge is 0.307 e. The molecule has 19 heavy (non-hydrogen) atoms. The number of nitrogens with two attached hydrogens (primary N) is 1. The molecule has 1 heterocycles. The number of primary sulfonamides is 1. The Morgan fingerprint density at radius 2 is 1.95 bits per heavy atom. The molecule has 0 unspecified atom stereocenters. The first-order valence-corrected chi connectivity index (χ1v) is 8.11. The monoisotopic (exact) mass is 297 g/mol. The molecule has 0 saturated heterocycles. The molecule has 0 aliphatic rings. The standard InChI is InChI=1S/C12H15N3O2S2/c1-9-15-11(8-18-9)7-14-6-10-2-4-12(5-3-10)19(13,16)17/h2-5,8,14H,6-7H2,1H3,(H2,13,16,17). The molecule has 1 aromatic heterocycles. The Labute approximate surface area is 116 Å². The average Bonchev–Trinajstić information content (AvgIpc) is 2.75. The van der Waals surface area contributed by atoms with E-state index < -0.39 is 10.0 Å². The van der Waals surface area contributed by atoms with Gasteiger partial charge in [0.1, 0.15) is 0 Å². The molecule has 0 spiro atoms. The van der Waals surface area contributed by atoms with E-state index in [1.807, 2.05) is 12.3 Å². The van der Waals surface area contributed by atoms with Crippen LogP contribution in [0.4, 0.5) is 0 Å². The predicted octanol–water partition coefficient (Wildman–Crippen LogP) is 1.39. The van der Waals surface area contributed by atoms with Gasteiger partial charge in [-0.15, -0.1) is 11.3 Å². The van der Waals surface area contributed by atoms with Gasteiger partial charge >= 0.3 is 0 Å². The van der Waals surface area contributed by atoms with Crippen LogP contribution in [-0.4, -0.2) is 13.4 Å². The van der Waals surface area contributed by atoms with Crippen molar-refractivity contribution in [3.05, 3.63) is 45.9 Å². The molecule has 102 valence electrons. The zero-order valence-electron chi connectivity index (χ0n) is 10.5. The molecule has 0 aliphatic carbocycles. The first kappa shape index (κ1) is 14.1. The van der Waals surface area contributed by atoms with Gasteiger partial charge in [0.25, 0.3) is 0 Å². The van der Waals surface area contributed by atoms with Gasteiger partial charge in [0.15, 0.2) is 0 Å². The summed E-state index contributed by atoms with van der Waals surface area (Å²) in [7, 11) is -3.61. The molecule has 3 N–H and O–H groups in total. The maximum absolute atomic E-state index is 11.1. The second kappa shape index (κ2) is 5.79. The molecular weight excluding hydrogens is 282 g/mol. The predicted molar refractivity (Wildman–Crippen MR) is 75.2 cm³/mol. The fourth-order valence-electron chi connectivity index (χ4n) is 1.62. The summed E-state index contributed by atoms with van der Waals surface area (Å²) in [5.74, 6) is 0. The number of hydrogen-bond acceptors (Lipinski definition) is 5. The number of aromatic nitrogens is 1. The highest BCUT2D eigenvalue weighted by Crippen LogP contribution is 2.10. The number of sulfonamides is 1. The van der Waals surface area contributed by atoms with Crippen LogP contribution in [0.5, 0.6) is 0 Å². The van der Waals surface area contributed by atoms with Crippen molar-refractivity contribution < 1.29 is 8.42 Å². The number of nitrogens with one attached hydrogen (secondary N) is 1. The molecule has 0 saturated carbocycles. The Hall–Kier alpha value is -1.28. The molecule has 7 heteroatoms. The van der Waals surface area contributed by atoms with Gasteiger partial charge < -0.3 is 5.32 Å². The van der Waals surface area contributed by atoms with Crippen LogP contribution in [0.2, 0.25) is 0 Å². The summed E-state index contributed by atoms with van der Waals surface area (Å²) in [6.07, 6.45) is 0. The third-order valence-electron chi connectivity index (χ3n) is 2.55. The van der Waals surface area contributed by atoms with Gasteiger partial charge in [-0.2, -0.15) is 0 Å². The smallest absolute Gasteiger partial charge is 0.238 e. The quantitative estimate of drug-likeness (QED) is 0.873. The highest BCUT2D eigenvalue weighted by atomic mass is 32.2. The van der Waals surface area contributed by atoms with Crippen molar-refractivity contribution >= 4 is 21.4 Å². The number of rotatable bonds is 5. The number of aryl methyl sites for hydroxylation is 1. The van der Waals surface area contributed by atoms with Crippen molar-refractivity contribution in [3.63, 3.8) is 0 Å². The molecule has 0 bridgehead atoms. The number of nitrogens with zero attached hydrogens (tertiary/aromatic N) is 1. The van der Waals surface area contributed by atoms with E-state index in [1.165, 1.54) is 12.1 Å². The van der Waals surface area contributed by atoms with Gasteiger partial charge in [0.05, 0.1) is 15.6 Å². The molecule has 0 aliphatic heterocycles. The van der Waals surface area contributed by atoms with Crippen molar-refractivity contribution in [2.24, 2.45) is 5.14 Å². The number of hydrogen-bond donors (Lipinski definition) is 2. The number of benzene rings is 1. The van der Waals surface area contributed by atoms with Crippen molar-refractivity contribution in [1.29, 1.82) is 0 Å². The van der Waals surface area contributed by atoms with E-state index in [2.05, 4.69) is 10.3 Å². The summed E-state index contributed by atoms with van der Waals surface area (Å²) in [6.45, 7) is 3.32. The third-order valence-corrected chi connectivity index (χ3v) is 4.31. The zero-order chi connectivity index (χ0) is 13.9. The Morgan fingerprint density at radius 3 is 2.47 bits per heavy atom. The summed E-state index contributed by atoms with van der Waals surface area (Å²) >= 11 is 1.62. The number of thiazole rings is 1. The van der Waals surface area contributed by atoms with Crippen molar-refractivity contribution in [2.75, 3.05) is 0 Å². The van der Waals surface area contributed by atoms with E-state index in [1.54, 1.807) is 23.5 Å². The Morgan fingerprint density at radius 1 is 1.26 bits per heavy atom. The van der Waals surface area contributed by atoms with E-state index >= 15 is 0 Å². The first-order chi connectivity index (χ1) is 8.95. The van der Waals surface area contributed by atoms with Crippen LogP contribution in [0, 0.1) is 6.92 Å². The highest BCUT2D eigenvalue weighted by Gasteiger charge is 2.06. The Bertz CT molecular complexity index is 648. The second-order valence-corrected chi connectivity index (χ2v) is 6.77. The lowest BCUT2D eigenvalue weighted by Gasteiger charge is -2.04. The summed E-state index contributed by atoms with van der Waals surface area (Å²) in [5, 5.41) is 11.4. The molecule has 2 aromatic rings. The molecule has 0 atom stereocenters. The van der Waals surface area contributed by atoms with Crippen molar-refractivity contribution in [3.8, 4) is 0 Å². The minimum atomic E-state index is -3.61. The van der Waals surface area contributed by atoms with Gasteiger partial charge in [-0.3, -0.25) is 0 Å². The van der Waals surface area contributed by atoms with Crippen LogP contribution in [0.1, 0.15) is 16.3 Å². The van der Waals surface area contributed by atoms with Crippen LogP contribution in [0.3, 0.4) is 0 Å². The van der Waals surface area contributed by atoms with Crippen molar-refractivity contribution in [2.45, 2.75) is 24.9 Å². The maximum atomic E-state index is 11.1. The molecule has 1 aromatic carbocycles. The van der Waals surface area contributed by atoms with Crippen LogP contribution >= 0.6 is 11.3 Å². The van der Waals surface area contributed by atoms with E-state index in [9.17, 15) is 8.42 Å². The fraction of sp³-hybridized carbons (Fsp3) is 0.250. The van der Waals surface area contributed by atoms with Gasteiger partial charge in [0.2, 0.25) is 10.0 Å². The van der Waals surface area contributed by atoms with E-state index in [-0.39, 0.29) is 4.90 Å². The molecular formula is C12H15N3O2S2. The summed E-state index contributed by atoms with van der Waals surface area (Å²) in [4.78, 5) is 4.48. The summed E-state index contributed by atoms with van der Waals surface area (Å²) < 4.78 is 22.2. The van der Waals surface area contributed by atoms with Gasteiger partial charge in [0, 0.05) is 18.5 Å². The SMILES string of the molecule is Cc1nc(CNCc2ccc(S(N)(=O)=O)cc2)cs1. The lowest BCUT2D eigenvalue weighted by molar-refractivity contribution is 0.597. The van der Waals surface area contributed by atoms with E-state index in [0.29, 0.717) is 13.1 Å². The topological polar surface area (TPSA) is 85.1 Å². The normalized spacial score (nSPS) is 11.7. The first-order valence-electron chi connectivity index (χ1n) is 5.68. The minimum absolute atomic E-state index is 0.131. The fourth-order valence-corrected chi connectivity index (χ4v) is 2.75. The van der Waals surface area contributed by atoms with Gasteiger partial charge in [-0.05, 0) is 24.6 Å². The molecule has 5 nitrogen and oxygen atoms in total. The van der Waals surface area contributed by atoms with Gasteiger partial charge in [-0.1, -0.05) is 12.1 Å². The van der Waals surface area contributed by atoms with Crippen LogP contribution in [0.15, 0.2) is 34.5 Å². The molecule has 2 rings (SSSR count). The molecule has 0 amide bonds. The Balaban J connectivity index is 1.90. The van der Waals surface area contributed by atoms with E-state index in [0.717, 1.165) is 16.3 Å². The van der Waals surface area contributed by atoms with Crippen molar-refractivity contribution in [1.82, 2.24) is 10.3 Å². The lowest BCUT2D eigenvalue weighted by atomic mass is 10.2. The maximum Gasteiger partial charge on any atom is 0.238 e. The van der Waals surface area contributed by atoms with Crippen LogP contribution in [-0.2, 0) is 23.1 Å². The lowest BCUT2D eigenvalue weighted by Crippen LogP contribution is -2.14. The molecule has 0 radical (unpaired) electrons. The minimum Gasteiger partial charge on any atom is -0.307 e.